The highest BCUT2D eigenvalue weighted by molar-refractivity contribution is 5.92. The molecule has 0 unspecified atom stereocenters. The summed E-state index contributed by atoms with van der Waals surface area (Å²) in [6, 6.07) is 4.13. The van der Waals surface area contributed by atoms with Gasteiger partial charge < -0.3 is 4.40 Å². The van der Waals surface area contributed by atoms with Crippen LogP contribution in [-0.2, 0) is 0 Å². The van der Waals surface area contributed by atoms with Crippen molar-refractivity contribution < 1.29 is 0 Å². The quantitative estimate of drug-likeness (QED) is 0.616. The van der Waals surface area contributed by atoms with Gasteiger partial charge in [-0.3, -0.25) is 9.67 Å². The molecule has 0 aliphatic carbocycles. The first kappa shape index (κ1) is 13.7. The van der Waals surface area contributed by atoms with E-state index in [2.05, 4.69) is 33.9 Å². The van der Waals surface area contributed by atoms with Gasteiger partial charge in [0, 0.05) is 30.2 Å². The van der Waals surface area contributed by atoms with Gasteiger partial charge in [0.2, 0.25) is 0 Å². The van der Waals surface area contributed by atoms with Gasteiger partial charge in [-0.15, -0.1) is 0 Å². The van der Waals surface area contributed by atoms with Crippen molar-refractivity contribution in [2.45, 2.75) is 26.8 Å². The van der Waals surface area contributed by atoms with E-state index in [0.717, 1.165) is 22.3 Å². The molecule has 0 aromatic carbocycles. The van der Waals surface area contributed by atoms with E-state index in [9.17, 15) is 4.79 Å². The Balaban J connectivity index is 2.11. The van der Waals surface area contributed by atoms with Crippen LogP contribution in [0.4, 0.5) is 0 Å². The molecule has 0 saturated carbocycles. The summed E-state index contributed by atoms with van der Waals surface area (Å²) < 4.78 is 3.89. The predicted octanol–water partition coefficient (Wildman–Crippen LogP) is 2.32. The number of imidazole rings is 1. The standard InChI is InChI=1S/C16H16N6O/c1-9(2)22-14(11-4-5-12-17-6-7-21(12)8-11)13-10(3)18-16(23)19-15(13)20-22/h4-9H,1-3H3,(H,19,20,23). The maximum absolute atomic E-state index is 11.6. The van der Waals surface area contributed by atoms with Crippen molar-refractivity contribution in [1.29, 1.82) is 0 Å². The topological polar surface area (TPSA) is 80.9 Å². The second-order valence-electron chi connectivity index (χ2n) is 5.85. The molecule has 0 aliphatic rings. The van der Waals surface area contributed by atoms with E-state index in [1.165, 1.54) is 0 Å². The van der Waals surface area contributed by atoms with Gasteiger partial charge in [-0.1, -0.05) is 0 Å². The summed E-state index contributed by atoms with van der Waals surface area (Å²) in [6.45, 7) is 5.96. The van der Waals surface area contributed by atoms with E-state index < -0.39 is 0 Å². The van der Waals surface area contributed by atoms with Crippen LogP contribution in [0.25, 0.3) is 27.9 Å². The van der Waals surface area contributed by atoms with Crippen LogP contribution in [-0.4, -0.2) is 29.1 Å². The molecule has 0 amide bonds. The third-order valence-electron chi connectivity index (χ3n) is 3.92. The number of H-pyrrole nitrogens is 1. The maximum Gasteiger partial charge on any atom is 0.346 e. The fourth-order valence-corrected chi connectivity index (χ4v) is 2.91. The molecule has 4 rings (SSSR count). The lowest BCUT2D eigenvalue weighted by Crippen LogP contribution is -2.11. The van der Waals surface area contributed by atoms with Gasteiger partial charge in [0.25, 0.3) is 0 Å². The van der Waals surface area contributed by atoms with Crippen molar-refractivity contribution in [1.82, 2.24) is 29.1 Å². The van der Waals surface area contributed by atoms with E-state index in [1.807, 2.05) is 40.5 Å². The first-order valence-corrected chi connectivity index (χ1v) is 7.47. The van der Waals surface area contributed by atoms with Crippen molar-refractivity contribution in [3.05, 3.63) is 46.9 Å². The third kappa shape index (κ3) is 2.04. The molecule has 23 heavy (non-hydrogen) atoms. The van der Waals surface area contributed by atoms with Crippen LogP contribution >= 0.6 is 0 Å². The Hall–Kier alpha value is -2.96. The molecule has 1 N–H and O–H groups in total. The van der Waals surface area contributed by atoms with Crippen molar-refractivity contribution in [2.75, 3.05) is 0 Å². The van der Waals surface area contributed by atoms with Gasteiger partial charge in [-0.05, 0) is 32.9 Å². The Labute approximate surface area is 131 Å². The molecular weight excluding hydrogens is 292 g/mol. The molecule has 0 aliphatic heterocycles. The van der Waals surface area contributed by atoms with Crippen LogP contribution in [0.3, 0.4) is 0 Å². The number of aromatic amines is 1. The average molecular weight is 308 g/mol. The van der Waals surface area contributed by atoms with E-state index in [-0.39, 0.29) is 11.7 Å². The fourth-order valence-electron chi connectivity index (χ4n) is 2.91. The summed E-state index contributed by atoms with van der Waals surface area (Å²) in [7, 11) is 0. The zero-order valence-electron chi connectivity index (χ0n) is 13.1. The zero-order chi connectivity index (χ0) is 16.1. The molecule has 4 aromatic heterocycles. The molecule has 7 heteroatoms. The summed E-state index contributed by atoms with van der Waals surface area (Å²) >= 11 is 0. The molecule has 4 heterocycles. The van der Waals surface area contributed by atoms with Crippen molar-refractivity contribution in [2.24, 2.45) is 0 Å². The predicted molar refractivity (Wildman–Crippen MR) is 87.5 cm³/mol. The molecule has 4 aromatic rings. The van der Waals surface area contributed by atoms with E-state index in [0.29, 0.717) is 11.3 Å². The largest absolute Gasteiger partial charge is 0.346 e. The van der Waals surface area contributed by atoms with Crippen molar-refractivity contribution in [3.8, 4) is 11.3 Å². The molecule has 0 spiro atoms. The zero-order valence-corrected chi connectivity index (χ0v) is 13.1. The molecule has 0 saturated heterocycles. The normalized spacial score (nSPS) is 11.8. The van der Waals surface area contributed by atoms with Crippen LogP contribution in [0.1, 0.15) is 25.6 Å². The third-order valence-corrected chi connectivity index (χ3v) is 3.92. The lowest BCUT2D eigenvalue weighted by Gasteiger charge is -2.12. The number of aromatic nitrogens is 6. The minimum Gasteiger partial charge on any atom is -0.306 e. The number of nitrogens with zero attached hydrogens (tertiary/aromatic N) is 5. The number of fused-ring (bicyclic) bond motifs is 2. The van der Waals surface area contributed by atoms with Crippen molar-refractivity contribution in [3.63, 3.8) is 0 Å². The van der Waals surface area contributed by atoms with Gasteiger partial charge in [0.15, 0.2) is 5.65 Å². The molecule has 0 fully saturated rings. The highest BCUT2D eigenvalue weighted by Crippen LogP contribution is 2.31. The van der Waals surface area contributed by atoms with Crippen LogP contribution < -0.4 is 5.69 Å². The fraction of sp³-hybridized carbons (Fsp3) is 0.250. The molecular formula is C16H16N6O. The molecule has 0 radical (unpaired) electrons. The van der Waals surface area contributed by atoms with Crippen LogP contribution in [0.2, 0.25) is 0 Å². The Morgan fingerprint density at radius 2 is 2.09 bits per heavy atom. The Kier molecular flexibility index (Phi) is 2.84. The summed E-state index contributed by atoms with van der Waals surface area (Å²) in [6.07, 6.45) is 5.69. The smallest absolute Gasteiger partial charge is 0.306 e. The number of hydrogen-bond acceptors (Lipinski definition) is 4. The number of rotatable bonds is 2. The van der Waals surface area contributed by atoms with Gasteiger partial charge in [0.05, 0.1) is 16.8 Å². The van der Waals surface area contributed by atoms with Crippen LogP contribution in [0, 0.1) is 6.92 Å². The average Bonchev–Trinajstić information content (AvgIpc) is 3.09. The van der Waals surface area contributed by atoms with Gasteiger partial charge in [-0.2, -0.15) is 10.1 Å². The first-order valence-electron chi connectivity index (χ1n) is 7.47. The summed E-state index contributed by atoms with van der Waals surface area (Å²) in [5.74, 6) is 0. The lowest BCUT2D eigenvalue weighted by molar-refractivity contribution is 0.542. The number of nitrogens with one attached hydrogen (secondary N) is 1. The van der Waals surface area contributed by atoms with Crippen LogP contribution in [0.5, 0.6) is 0 Å². The highest BCUT2D eigenvalue weighted by atomic mass is 16.1. The van der Waals surface area contributed by atoms with Gasteiger partial charge in [0.1, 0.15) is 5.65 Å². The maximum atomic E-state index is 11.6. The van der Waals surface area contributed by atoms with E-state index in [1.54, 1.807) is 6.20 Å². The number of hydrogen-bond donors (Lipinski definition) is 1. The molecule has 0 bridgehead atoms. The monoisotopic (exact) mass is 308 g/mol. The summed E-state index contributed by atoms with van der Waals surface area (Å²) in [5.41, 5.74) is 3.71. The first-order chi connectivity index (χ1) is 11.0. The second kappa shape index (κ2) is 4.77. The van der Waals surface area contributed by atoms with Gasteiger partial charge in [-0.25, -0.2) is 9.78 Å². The van der Waals surface area contributed by atoms with Gasteiger partial charge >= 0.3 is 5.69 Å². The Morgan fingerprint density at radius 3 is 2.87 bits per heavy atom. The van der Waals surface area contributed by atoms with Crippen LogP contribution in [0.15, 0.2) is 35.5 Å². The van der Waals surface area contributed by atoms with E-state index >= 15 is 0 Å². The number of aryl methyl sites for hydroxylation is 1. The Morgan fingerprint density at radius 1 is 1.26 bits per heavy atom. The lowest BCUT2D eigenvalue weighted by atomic mass is 10.1. The van der Waals surface area contributed by atoms with Crippen molar-refractivity contribution >= 4 is 16.7 Å². The molecule has 0 atom stereocenters. The van der Waals surface area contributed by atoms with E-state index in [4.69, 9.17) is 0 Å². The molecule has 7 nitrogen and oxygen atoms in total. The second-order valence-corrected chi connectivity index (χ2v) is 5.85. The highest BCUT2D eigenvalue weighted by Gasteiger charge is 2.19. The minimum atomic E-state index is -0.375. The minimum absolute atomic E-state index is 0.152. The molecule has 116 valence electrons. The Bertz CT molecular complexity index is 1090. The summed E-state index contributed by atoms with van der Waals surface area (Å²) in [4.78, 5) is 22.7. The summed E-state index contributed by atoms with van der Waals surface area (Å²) in [5, 5.41) is 5.45. The number of pyridine rings is 1. The SMILES string of the molecule is Cc1nc(=O)[nH]c2nn(C(C)C)c(-c3ccc4nccn4c3)c12.